The molecule has 1 aliphatic heterocycles. The van der Waals surface area contributed by atoms with Gasteiger partial charge in [-0.1, -0.05) is 20.8 Å². The molecular weight excluding hydrogens is 260 g/mol. The van der Waals surface area contributed by atoms with Crippen LogP contribution < -0.4 is 5.73 Å². The van der Waals surface area contributed by atoms with Crippen molar-refractivity contribution >= 4 is 0 Å². The normalized spacial score (nSPS) is 37.4. The highest BCUT2D eigenvalue weighted by molar-refractivity contribution is 4.98. The molecule has 0 spiro atoms. The standard InChI is InChI=1S/C18H36N2O/c1-16(2,3)13-8-9-14(19)15(10-13)20-11-17(4,5)21-18(6,7)12-20/h13-15H,8-12,19H2,1-7H3. The molecule has 1 heterocycles. The molecule has 0 bridgehead atoms. The first-order valence-corrected chi connectivity index (χ1v) is 8.59. The average Bonchev–Trinajstić information content (AvgIpc) is 2.23. The van der Waals surface area contributed by atoms with Crippen molar-refractivity contribution in [2.75, 3.05) is 13.1 Å². The van der Waals surface area contributed by atoms with Crippen LogP contribution in [0.25, 0.3) is 0 Å². The quantitative estimate of drug-likeness (QED) is 0.806. The van der Waals surface area contributed by atoms with Crippen molar-refractivity contribution in [3.05, 3.63) is 0 Å². The summed E-state index contributed by atoms with van der Waals surface area (Å²) in [7, 11) is 0. The van der Waals surface area contributed by atoms with Gasteiger partial charge in [-0.15, -0.1) is 0 Å². The smallest absolute Gasteiger partial charge is 0.0760 e. The van der Waals surface area contributed by atoms with Gasteiger partial charge in [-0.3, -0.25) is 4.90 Å². The van der Waals surface area contributed by atoms with E-state index < -0.39 is 0 Å². The van der Waals surface area contributed by atoms with E-state index >= 15 is 0 Å². The molecule has 1 saturated heterocycles. The third-order valence-electron chi connectivity index (χ3n) is 5.28. The minimum atomic E-state index is -0.0872. The Morgan fingerprint density at radius 2 is 1.52 bits per heavy atom. The predicted octanol–water partition coefficient (Wildman–Crippen LogP) is 3.42. The van der Waals surface area contributed by atoms with Crippen LogP contribution in [0, 0.1) is 11.3 Å². The van der Waals surface area contributed by atoms with Gasteiger partial charge in [0.05, 0.1) is 11.2 Å². The summed E-state index contributed by atoms with van der Waals surface area (Å²) < 4.78 is 6.23. The highest BCUT2D eigenvalue weighted by Gasteiger charge is 2.44. The van der Waals surface area contributed by atoms with Crippen LogP contribution in [-0.4, -0.2) is 41.3 Å². The summed E-state index contributed by atoms with van der Waals surface area (Å²) in [6, 6.07) is 0.818. The van der Waals surface area contributed by atoms with E-state index in [0.717, 1.165) is 25.4 Å². The van der Waals surface area contributed by atoms with Crippen LogP contribution in [0.3, 0.4) is 0 Å². The highest BCUT2D eigenvalue weighted by atomic mass is 16.5. The van der Waals surface area contributed by atoms with E-state index in [4.69, 9.17) is 10.5 Å². The van der Waals surface area contributed by atoms with Gasteiger partial charge >= 0.3 is 0 Å². The number of rotatable bonds is 1. The van der Waals surface area contributed by atoms with Crippen LogP contribution in [0.2, 0.25) is 0 Å². The fourth-order valence-electron chi connectivity index (χ4n) is 4.46. The summed E-state index contributed by atoms with van der Waals surface area (Å²) in [5, 5.41) is 0. The Labute approximate surface area is 131 Å². The maximum absolute atomic E-state index is 6.51. The number of hydrogen-bond donors (Lipinski definition) is 1. The first kappa shape index (κ1) is 17.2. The molecule has 1 aliphatic carbocycles. The number of nitrogens with zero attached hydrogens (tertiary/aromatic N) is 1. The topological polar surface area (TPSA) is 38.5 Å². The van der Waals surface area contributed by atoms with Crippen molar-refractivity contribution in [3.63, 3.8) is 0 Å². The van der Waals surface area contributed by atoms with Crippen LogP contribution in [0.1, 0.15) is 67.7 Å². The van der Waals surface area contributed by atoms with Gasteiger partial charge in [-0.05, 0) is 58.3 Å². The van der Waals surface area contributed by atoms with Gasteiger partial charge in [0.15, 0.2) is 0 Å². The number of ether oxygens (including phenoxy) is 1. The van der Waals surface area contributed by atoms with Crippen molar-refractivity contribution in [1.29, 1.82) is 0 Å². The molecular formula is C18H36N2O. The molecule has 0 aromatic rings. The van der Waals surface area contributed by atoms with Gasteiger partial charge in [0.2, 0.25) is 0 Å². The van der Waals surface area contributed by atoms with E-state index in [1.54, 1.807) is 0 Å². The second-order valence-electron chi connectivity index (χ2n) is 9.63. The number of nitrogens with two attached hydrogens (primary N) is 1. The first-order chi connectivity index (χ1) is 9.40. The lowest BCUT2D eigenvalue weighted by Gasteiger charge is -2.53. The summed E-state index contributed by atoms with van der Waals surface area (Å²) >= 11 is 0. The van der Waals surface area contributed by atoms with Crippen LogP contribution >= 0.6 is 0 Å². The van der Waals surface area contributed by atoms with Gasteiger partial charge in [0, 0.05) is 25.2 Å². The lowest BCUT2D eigenvalue weighted by atomic mass is 9.69. The molecule has 124 valence electrons. The Bertz CT molecular complexity index is 354. The molecule has 0 aromatic carbocycles. The summed E-state index contributed by atoms with van der Waals surface area (Å²) in [4.78, 5) is 2.62. The summed E-state index contributed by atoms with van der Waals surface area (Å²) in [6.07, 6.45) is 3.67. The molecule has 0 aromatic heterocycles. The van der Waals surface area contributed by atoms with Crippen molar-refractivity contribution in [2.24, 2.45) is 17.1 Å². The zero-order chi connectivity index (χ0) is 16.1. The largest absolute Gasteiger partial charge is 0.367 e. The molecule has 0 amide bonds. The molecule has 3 unspecified atom stereocenters. The van der Waals surface area contributed by atoms with Gasteiger partial charge < -0.3 is 10.5 Å². The maximum Gasteiger partial charge on any atom is 0.0760 e. The van der Waals surface area contributed by atoms with E-state index in [2.05, 4.69) is 53.4 Å². The molecule has 0 radical (unpaired) electrons. The van der Waals surface area contributed by atoms with Gasteiger partial charge in [0.25, 0.3) is 0 Å². The Morgan fingerprint density at radius 1 is 1.00 bits per heavy atom. The minimum absolute atomic E-state index is 0.0872. The summed E-state index contributed by atoms with van der Waals surface area (Å²) in [6.45, 7) is 17.9. The molecule has 21 heavy (non-hydrogen) atoms. The van der Waals surface area contributed by atoms with Crippen molar-refractivity contribution < 1.29 is 4.74 Å². The Hall–Kier alpha value is -0.120. The summed E-state index contributed by atoms with van der Waals surface area (Å²) in [5.41, 5.74) is 6.72. The molecule has 2 rings (SSSR count). The van der Waals surface area contributed by atoms with E-state index in [-0.39, 0.29) is 11.2 Å². The van der Waals surface area contributed by atoms with Gasteiger partial charge in [-0.25, -0.2) is 0 Å². The van der Waals surface area contributed by atoms with Crippen molar-refractivity contribution in [3.8, 4) is 0 Å². The average molecular weight is 296 g/mol. The van der Waals surface area contributed by atoms with Crippen LogP contribution in [0.5, 0.6) is 0 Å². The predicted molar refractivity (Wildman–Crippen MR) is 89.4 cm³/mol. The lowest BCUT2D eigenvalue weighted by Crippen LogP contribution is -2.63. The van der Waals surface area contributed by atoms with Crippen molar-refractivity contribution in [2.45, 2.75) is 91.0 Å². The highest BCUT2D eigenvalue weighted by Crippen LogP contribution is 2.40. The molecule has 3 heteroatoms. The third-order valence-corrected chi connectivity index (χ3v) is 5.28. The molecule has 3 nitrogen and oxygen atoms in total. The van der Waals surface area contributed by atoms with E-state index in [9.17, 15) is 0 Å². The zero-order valence-corrected chi connectivity index (χ0v) is 15.2. The Kier molecular flexibility index (Phi) is 4.52. The maximum atomic E-state index is 6.51. The fourth-order valence-corrected chi connectivity index (χ4v) is 4.46. The third kappa shape index (κ3) is 4.20. The molecule has 2 aliphatic rings. The molecule has 2 fully saturated rings. The first-order valence-electron chi connectivity index (χ1n) is 8.59. The minimum Gasteiger partial charge on any atom is -0.367 e. The van der Waals surface area contributed by atoms with Crippen LogP contribution in [0.4, 0.5) is 0 Å². The Morgan fingerprint density at radius 3 is 2.00 bits per heavy atom. The van der Waals surface area contributed by atoms with Crippen LogP contribution in [0.15, 0.2) is 0 Å². The number of morpholine rings is 1. The SMILES string of the molecule is CC1(C)CN(C2CC(C(C)(C)C)CCC2N)CC(C)(C)O1. The number of hydrogen-bond acceptors (Lipinski definition) is 3. The molecule has 2 N–H and O–H groups in total. The molecule has 3 atom stereocenters. The second kappa shape index (κ2) is 5.50. The van der Waals surface area contributed by atoms with Gasteiger partial charge in [0.1, 0.15) is 0 Å². The summed E-state index contributed by atoms with van der Waals surface area (Å²) in [5.74, 6) is 0.774. The monoisotopic (exact) mass is 296 g/mol. The van der Waals surface area contributed by atoms with Crippen molar-refractivity contribution in [1.82, 2.24) is 4.90 Å². The van der Waals surface area contributed by atoms with E-state index in [1.807, 2.05) is 0 Å². The van der Waals surface area contributed by atoms with Gasteiger partial charge in [-0.2, -0.15) is 0 Å². The zero-order valence-electron chi connectivity index (χ0n) is 15.2. The fraction of sp³-hybridized carbons (Fsp3) is 1.00. The molecule has 1 saturated carbocycles. The Balaban J connectivity index is 2.14. The second-order valence-corrected chi connectivity index (χ2v) is 9.63. The lowest BCUT2D eigenvalue weighted by molar-refractivity contribution is -0.192. The van der Waals surface area contributed by atoms with Crippen LogP contribution in [-0.2, 0) is 4.74 Å². The van der Waals surface area contributed by atoms with E-state index in [0.29, 0.717) is 17.5 Å². The van der Waals surface area contributed by atoms with E-state index in [1.165, 1.54) is 12.8 Å².